The molecule has 0 spiro atoms. The molecule has 1 aromatic heterocycles. The quantitative estimate of drug-likeness (QED) is 0.380. The van der Waals surface area contributed by atoms with Crippen LogP contribution in [-0.2, 0) is 37.4 Å². The zero-order valence-corrected chi connectivity index (χ0v) is 26.4. The van der Waals surface area contributed by atoms with Gasteiger partial charge >= 0.3 is 24.3 Å². The lowest BCUT2D eigenvalue weighted by Gasteiger charge is -2.35. The highest BCUT2D eigenvalue weighted by atomic mass is 32.2. The molecule has 46 heavy (non-hydrogen) atoms. The summed E-state index contributed by atoms with van der Waals surface area (Å²) in [6, 6.07) is 9.91. The van der Waals surface area contributed by atoms with Gasteiger partial charge in [-0.15, -0.1) is 11.3 Å². The van der Waals surface area contributed by atoms with E-state index in [1.54, 1.807) is 27.9 Å². The van der Waals surface area contributed by atoms with Gasteiger partial charge in [-0.05, 0) is 56.5 Å². The zero-order chi connectivity index (χ0) is 35.4. The summed E-state index contributed by atoms with van der Waals surface area (Å²) in [7, 11) is -2.23. The molecule has 19 heteroatoms. The largest absolute Gasteiger partial charge is 0.497 e. The van der Waals surface area contributed by atoms with Crippen LogP contribution in [0, 0.1) is 0 Å². The van der Waals surface area contributed by atoms with E-state index in [9.17, 15) is 39.6 Å². The number of benzene rings is 1. The summed E-state index contributed by atoms with van der Waals surface area (Å²) in [4.78, 5) is 34.4. The Balaban J connectivity index is 0.000000440. The second-order valence-corrected chi connectivity index (χ2v) is 13.6. The summed E-state index contributed by atoms with van der Waals surface area (Å²) in [6.45, 7) is 7.17. The molecule has 1 aromatic carbocycles. The number of thiophene rings is 1. The third-order valence-electron chi connectivity index (χ3n) is 6.33. The summed E-state index contributed by atoms with van der Waals surface area (Å²) in [5, 5.41) is 14.2. The Hall–Kier alpha value is -3.68. The van der Waals surface area contributed by atoms with Crippen LogP contribution in [-0.4, -0.2) is 83.8 Å². The third kappa shape index (κ3) is 9.43. The number of methoxy groups -OCH3 is 1. The molecule has 0 saturated heterocycles. The number of ether oxygens (including phenoxy) is 1. The fourth-order valence-corrected chi connectivity index (χ4v) is 7.87. The summed E-state index contributed by atoms with van der Waals surface area (Å²) in [5.41, 5.74) is 7.63. The summed E-state index contributed by atoms with van der Waals surface area (Å²) in [5.74, 6) is -5.19. The van der Waals surface area contributed by atoms with E-state index < -0.39 is 45.8 Å². The number of nitrogens with two attached hydrogens (primary N) is 1. The van der Waals surface area contributed by atoms with Crippen molar-refractivity contribution in [1.82, 2.24) is 9.21 Å². The van der Waals surface area contributed by atoms with Crippen LogP contribution in [0.2, 0.25) is 0 Å². The van der Waals surface area contributed by atoms with Crippen molar-refractivity contribution in [2.45, 2.75) is 57.7 Å². The van der Waals surface area contributed by atoms with E-state index in [4.69, 9.17) is 30.3 Å². The molecule has 256 valence electrons. The number of nitrogens with zero attached hydrogens (tertiary/aromatic N) is 2. The van der Waals surface area contributed by atoms with Gasteiger partial charge in [0.15, 0.2) is 0 Å². The molecule has 0 aliphatic carbocycles. The molecule has 0 radical (unpaired) electrons. The minimum absolute atomic E-state index is 0.00118. The fraction of sp³-hybridized carbons (Fsp3) is 0.444. The first-order valence-electron chi connectivity index (χ1n) is 13.1. The van der Waals surface area contributed by atoms with Crippen LogP contribution in [0.15, 0.2) is 36.4 Å². The Morgan fingerprint density at radius 2 is 1.52 bits per heavy atom. The van der Waals surface area contributed by atoms with E-state index in [1.807, 2.05) is 30.3 Å². The average Bonchev–Trinajstić information content (AvgIpc) is 3.45. The van der Waals surface area contributed by atoms with Crippen LogP contribution in [0.5, 0.6) is 5.75 Å². The van der Waals surface area contributed by atoms with E-state index in [0.29, 0.717) is 11.4 Å². The number of fused-ring (bicyclic) bond motifs is 1. The standard InChI is InChI=1S/C23H29N3O4S2.2C2HF3O2/c1-23(2,3)26-21(27)12-20(32(26,28)29)19-11-16-9-10-25(18(13-24)22(16)31-19)14-15-5-7-17(30-4)8-6-15;2*3-2(4,5)1(6)7/h5-8,11-12,18H,9-10,13-14,24H2,1-4H3;2*(H,6,7). The lowest BCUT2D eigenvalue weighted by atomic mass is 10.00. The number of aliphatic carboxylic acids is 2. The van der Waals surface area contributed by atoms with Crippen molar-refractivity contribution >= 4 is 44.1 Å². The second kappa shape index (κ2) is 14.4. The molecule has 2 aromatic rings. The van der Waals surface area contributed by atoms with Crippen LogP contribution in [0.3, 0.4) is 0 Å². The van der Waals surface area contributed by atoms with E-state index in [-0.39, 0.29) is 10.9 Å². The molecule has 3 heterocycles. The summed E-state index contributed by atoms with van der Waals surface area (Å²) < 4.78 is 96.0. The number of hydrogen-bond donors (Lipinski definition) is 3. The maximum Gasteiger partial charge on any atom is 0.490 e. The Bertz CT molecular complexity index is 1540. The minimum Gasteiger partial charge on any atom is -0.497 e. The van der Waals surface area contributed by atoms with Gasteiger partial charge in [0.25, 0.3) is 15.9 Å². The lowest BCUT2D eigenvalue weighted by molar-refractivity contribution is -0.193. The number of carbonyl (C=O) groups excluding carboxylic acids is 1. The van der Waals surface area contributed by atoms with Gasteiger partial charge in [-0.1, -0.05) is 12.1 Å². The molecule has 11 nitrogen and oxygen atoms in total. The highest BCUT2D eigenvalue weighted by Crippen LogP contribution is 2.43. The number of alkyl halides is 6. The fourth-order valence-electron chi connectivity index (χ4n) is 4.39. The topological polar surface area (TPSA) is 168 Å². The highest BCUT2D eigenvalue weighted by Gasteiger charge is 2.45. The molecule has 1 atom stereocenters. The molecule has 0 fully saturated rings. The Morgan fingerprint density at radius 3 is 1.91 bits per heavy atom. The number of sulfonamides is 1. The van der Waals surface area contributed by atoms with E-state index >= 15 is 0 Å². The predicted molar refractivity (Wildman–Crippen MR) is 154 cm³/mol. The van der Waals surface area contributed by atoms with Gasteiger partial charge < -0.3 is 20.7 Å². The zero-order valence-electron chi connectivity index (χ0n) is 24.8. The molecule has 1 unspecified atom stereocenters. The molecule has 2 aliphatic heterocycles. The third-order valence-corrected chi connectivity index (χ3v) is 9.87. The number of amides is 1. The first kappa shape index (κ1) is 38.5. The van der Waals surface area contributed by atoms with Gasteiger partial charge in [0.1, 0.15) is 10.7 Å². The molecule has 2 aliphatic rings. The molecule has 4 rings (SSSR count). The number of carboxylic acid groups (broad SMARTS) is 2. The number of hydrogen-bond acceptors (Lipinski definition) is 9. The molecule has 1 amide bonds. The highest BCUT2D eigenvalue weighted by molar-refractivity contribution is 7.99. The van der Waals surface area contributed by atoms with Crippen molar-refractivity contribution in [1.29, 1.82) is 0 Å². The lowest BCUT2D eigenvalue weighted by Crippen LogP contribution is -2.45. The SMILES string of the molecule is COc1ccc(CN2CCc3cc(C4=CC(=O)N(C(C)(C)C)S4(=O)=O)sc3C2CN)cc1.O=C(O)C(F)(F)F.O=C(O)C(F)(F)F. The Labute approximate surface area is 263 Å². The van der Waals surface area contributed by atoms with Crippen LogP contribution in [0.25, 0.3) is 4.91 Å². The predicted octanol–water partition coefficient (Wildman–Crippen LogP) is 4.39. The minimum atomic E-state index is -5.08. The van der Waals surface area contributed by atoms with Crippen molar-refractivity contribution in [3.8, 4) is 5.75 Å². The number of carboxylic acids is 2. The Morgan fingerprint density at radius 1 is 1.02 bits per heavy atom. The number of rotatable bonds is 5. The van der Waals surface area contributed by atoms with Crippen molar-refractivity contribution in [2.24, 2.45) is 5.73 Å². The van der Waals surface area contributed by atoms with E-state index in [0.717, 1.165) is 45.6 Å². The average molecular weight is 704 g/mol. The molecular formula is C27H31F6N3O8S2. The number of halogens is 6. The summed E-state index contributed by atoms with van der Waals surface area (Å²) in [6.07, 6.45) is -8.10. The monoisotopic (exact) mass is 703 g/mol. The van der Waals surface area contributed by atoms with Crippen molar-refractivity contribution in [3.05, 3.63) is 57.3 Å². The van der Waals surface area contributed by atoms with E-state index in [2.05, 4.69) is 4.90 Å². The maximum atomic E-state index is 13.2. The second-order valence-electron chi connectivity index (χ2n) is 10.7. The molecule has 4 N–H and O–H groups in total. The van der Waals surface area contributed by atoms with Gasteiger partial charge in [-0.25, -0.2) is 22.3 Å². The molecule has 0 bridgehead atoms. The van der Waals surface area contributed by atoms with Crippen molar-refractivity contribution in [2.75, 3.05) is 20.2 Å². The first-order chi connectivity index (χ1) is 20.9. The van der Waals surface area contributed by atoms with Crippen LogP contribution >= 0.6 is 11.3 Å². The van der Waals surface area contributed by atoms with Gasteiger partial charge in [-0.3, -0.25) is 9.69 Å². The van der Waals surface area contributed by atoms with Gasteiger partial charge in [0.2, 0.25) is 0 Å². The normalized spacial score (nSPS) is 18.0. The smallest absolute Gasteiger partial charge is 0.490 e. The Kier molecular flexibility index (Phi) is 12.0. The summed E-state index contributed by atoms with van der Waals surface area (Å²) >= 11 is 1.43. The maximum absolute atomic E-state index is 13.2. The van der Waals surface area contributed by atoms with Crippen LogP contribution < -0.4 is 10.5 Å². The molecular weight excluding hydrogens is 672 g/mol. The van der Waals surface area contributed by atoms with Crippen molar-refractivity contribution < 1.29 is 64.1 Å². The molecule has 0 saturated carbocycles. The van der Waals surface area contributed by atoms with Crippen molar-refractivity contribution in [3.63, 3.8) is 0 Å². The van der Waals surface area contributed by atoms with Crippen LogP contribution in [0.4, 0.5) is 26.3 Å². The van der Waals surface area contributed by atoms with Crippen LogP contribution in [0.1, 0.15) is 47.7 Å². The van der Waals surface area contributed by atoms with E-state index in [1.165, 1.54) is 17.4 Å². The van der Waals surface area contributed by atoms with Gasteiger partial charge in [0.05, 0.1) is 18.7 Å². The number of carbonyl (C=O) groups is 3. The van der Waals surface area contributed by atoms with Gasteiger partial charge in [0, 0.05) is 35.5 Å². The first-order valence-corrected chi connectivity index (χ1v) is 15.3. The van der Waals surface area contributed by atoms with Gasteiger partial charge in [-0.2, -0.15) is 26.3 Å².